The van der Waals surface area contributed by atoms with E-state index in [1.165, 1.54) is 19.3 Å². The number of rotatable bonds is 4. The number of carbonyl (C=O) groups is 1. The molecule has 1 aliphatic carbocycles. The van der Waals surface area contributed by atoms with Crippen molar-refractivity contribution in [1.82, 2.24) is 5.32 Å². The third-order valence-electron chi connectivity index (χ3n) is 1.87. The van der Waals surface area contributed by atoms with Crippen LogP contribution >= 0.6 is 0 Å². The number of carbonyl (C=O) groups excluding carboxylic acids is 1. The first-order chi connectivity index (χ1) is 4.79. The Morgan fingerprint density at radius 3 is 2.55 bits per heavy atom. The molecule has 0 aliphatic heterocycles. The normalized spacial score (nSPS) is 16.7. The molecule has 3 nitrogen and oxygen atoms in total. The number of hydrogen-bond donors (Lipinski definition) is 1. The van der Waals surface area contributed by atoms with Crippen molar-refractivity contribution in [1.29, 1.82) is 0 Å². The largest absolute Gasteiger partial charge is 1.00 e. The molecule has 1 aliphatic rings. The third kappa shape index (κ3) is 4.80. The van der Waals surface area contributed by atoms with E-state index in [0.717, 1.165) is 0 Å². The summed E-state index contributed by atoms with van der Waals surface area (Å²) in [4.78, 5) is 9.94. The number of carboxylic acids is 1. The van der Waals surface area contributed by atoms with E-state index in [9.17, 15) is 9.90 Å². The Kier molecular flexibility index (Phi) is 6.24. The fourth-order valence-electron chi connectivity index (χ4n) is 0.991. The molecule has 0 aromatic carbocycles. The molecule has 1 N–H and O–H groups in total. The predicted octanol–water partition coefficient (Wildman–Crippen LogP) is -3.73. The Bertz CT molecular complexity index is 126. The summed E-state index contributed by atoms with van der Waals surface area (Å²) in [5.74, 6) is -0.966. The van der Waals surface area contributed by atoms with Crippen molar-refractivity contribution in [3.8, 4) is 0 Å². The zero-order chi connectivity index (χ0) is 7.40. The average molecular weight is 165 g/mol. The van der Waals surface area contributed by atoms with E-state index in [0.29, 0.717) is 12.6 Å². The van der Waals surface area contributed by atoms with Crippen molar-refractivity contribution in [3.63, 3.8) is 0 Å². The first-order valence-corrected chi connectivity index (χ1v) is 3.72. The molecule has 0 unspecified atom stereocenters. The molecule has 0 saturated heterocycles. The van der Waals surface area contributed by atoms with Crippen LogP contribution < -0.4 is 40.0 Å². The summed E-state index contributed by atoms with van der Waals surface area (Å²) in [5, 5.41) is 13.1. The fraction of sp³-hybridized carbons (Fsp3) is 0.857. The van der Waals surface area contributed by atoms with E-state index in [1.807, 2.05) is 0 Å². The molecular weight excluding hydrogens is 153 g/mol. The average Bonchev–Trinajstić information content (AvgIpc) is 1.75. The number of hydrogen-bond acceptors (Lipinski definition) is 3. The topological polar surface area (TPSA) is 52.2 Å². The van der Waals surface area contributed by atoms with Gasteiger partial charge in [0.05, 0.1) is 0 Å². The Balaban J connectivity index is 0.000001000. The van der Waals surface area contributed by atoms with E-state index < -0.39 is 5.97 Å². The molecule has 0 heterocycles. The van der Waals surface area contributed by atoms with Gasteiger partial charge in [0, 0.05) is 18.6 Å². The van der Waals surface area contributed by atoms with Crippen molar-refractivity contribution in [2.24, 2.45) is 0 Å². The van der Waals surface area contributed by atoms with Crippen LogP contribution in [0.15, 0.2) is 0 Å². The van der Waals surface area contributed by atoms with Gasteiger partial charge in [0.2, 0.25) is 0 Å². The zero-order valence-electron chi connectivity index (χ0n) is 6.93. The minimum Gasteiger partial charge on any atom is -0.550 e. The van der Waals surface area contributed by atoms with E-state index >= 15 is 0 Å². The van der Waals surface area contributed by atoms with Gasteiger partial charge in [0.1, 0.15) is 0 Å². The summed E-state index contributed by atoms with van der Waals surface area (Å²) >= 11 is 0. The molecule has 0 aromatic heterocycles. The van der Waals surface area contributed by atoms with Crippen molar-refractivity contribution < 1.29 is 39.5 Å². The van der Waals surface area contributed by atoms with Gasteiger partial charge in [-0.05, 0) is 19.3 Å². The van der Waals surface area contributed by atoms with Gasteiger partial charge < -0.3 is 15.2 Å². The van der Waals surface area contributed by atoms with Crippen LogP contribution in [0.3, 0.4) is 0 Å². The van der Waals surface area contributed by atoms with Crippen LogP contribution in [0.5, 0.6) is 0 Å². The van der Waals surface area contributed by atoms with Gasteiger partial charge in [-0.25, -0.2) is 0 Å². The second-order valence-corrected chi connectivity index (χ2v) is 2.70. The van der Waals surface area contributed by atoms with Crippen molar-refractivity contribution in [2.75, 3.05) is 6.54 Å². The summed E-state index contributed by atoms with van der Waals surface area (Å²) in [6, 6.07) is 0.583. The summed E-state index contributed by atoms with van der Waals surface area (Å²) in [6.07, 6.45) is 3.82. The zero-order valence-corrected chi connectivity index (χ0v) is 8.93. The molecule has 1 rings (SSSR count). The maximum atomic E-state index is 9.94. The molecule has 0 amide bonds. The fourth-order valence-corrected chi connectivity index (χ4v) is 0.991. The van der Waals surface area contributed by atoms with Gasteiger partial charge in [-0.15, -0.1) is 0 Å². The predicted molar refractivity (Wildman–Crippen MR) is 35.3 cm³/mol. The first-order valence-electron chi connectivity index (χ1n) is 3.72. The molecule has 0 aromatic rings. The third-order valence-corrected chi connectivity index (χ3v) is 1.87. The summed E-state index contributed by atoms with van der Waals surface area (Å²) < 4.78 is 0. The molecule has 0 bridgehead atoms. The maximum Gasteiger partial charge on any atom is 1.00 e. The summed E-state index contributed by atoms with van der Waals surface area (Å²) in [6.45, 7) is 0.562. The Morgan fingerprint density at radius 1 is 1.55 bits per heavy atom. The molecule has 1 fully saturated rings. The van der Waals surface area contributed by atoms with Gasteiger partial charge in [-0.2, -0.15) is 0 Å². The van der Waals surface area contributed by atoms with Crippen LogP contribution in [0.1, 0.15) is 25.7 Å². The number of carboxylic acid groups (broad SMARTS) is 1. The monoisotopic (exact) mass is 165 g/mol. The first kappa shape index (κ1) is 11.4. The van der Waals surface area contributed by atoms with Crippen LogP contribution in [0, 0.1) is 0 Å². The second kappa shape index (κ2) is 6.00. The van der Waals surface area contributed by atoms with Gasteiger partial charge in [0.15, 0.2) is 0 Å². The Morgan fingerprint density at radius 2 is 2.18 bits per heavy atom. The molecule has 4 heteroatoms. The SMILES string of the molecule is O=C([O-])CCNC1CCC1.[Na+]. The smallest absolute Gasteiger partial charge is 0.550 e. The molecule has 0 atom stereocenters. The Hall–Kier alpha value is 0.430. The molecule has 1 saturated carbocycles. The molecule has 58 valence electrons. The molecular formula is C7H12NNaO2. The summed E-state index contributed by atoms with van der Waals surface area (Å²) in [7, 11) is 0. The van der Waals surface area contributed by atoms with Crippen molar-refractivity contribution in [2.45, 2.75) is 31.7 Å². The molecule has 0 spiro atoms. The van der Waals surface area contributed by atoms with Crippen molar-refractivity contribution >= 4 is 5.97 Å². The Labute approximate surface area is 88.8 Å². The quantitative estimate of drug-likeness (QED) is 0.436. The summed E-state index contributed by atoms with van der Waals surface area (Å²) in [5.41, 5.74) is 0. The number of aliphatic carboxylic acids is 1. The van der Waals surface area contributed by atoms with Crippen LogP contribution in [0.2, 0.25) is 0 Å². The van der Waals surface area contributed by atoms with E-state index in [4.69, 9.17) is 0 Å². The van der Waals surface area contributed by atoms with E-state index in [1.54, 1.807) is 0 Å². The van der Waals surface area contributed by atoms with Gasteiger partial charge in [-0.3, -0.25) is 0 Å². The minimum atomic E-state index is -0.966. The minimum absolute atomic E-state index is 0. The van der Waals surface area contributed by atoms with Crippen LogP contribution in [-0.2, 0) is 4.79 Å². The van der Waals surface area contributed by atoms with Gasteiger partial charge >= 0.3 is 29.6 Å². The maximum absolute atomic E-state index is 9.94. The van der Waals surface area contributed by atoms with Crippen molar-refractivity contribution in [3.05, 3.63) is 0 Å². The molecule has 0 radical (unpaired) electrons. The van der Waals surface area contributed by atoms with Crippen LogP contribution in [0.25, 0.3) is 0 Å². The van der Waals surface area contributed by atoms with Gasteiger partial charge in [-0.1, -0.05) is 6.42 Å². The van der Waals surface area contributed by atoms with Gasteiger partial charge in [0.25, 0.3) is 0 Å². The number of nitrogens with one attached hydrogen (secondary N) is 1. The van der Waals surface area contributed by atoms with E-state index in [2.05, 4.69) is 5.32 Å². The standard InChI is InChI=1S/C7H13NO2.Na/c9-7(10)4-5-8-6-2-1-3-6;/h6,8H,1-5H2,(H,9,10);/q;+1/p-1. The van der Waals surface area contributed by atoms with Crippen LogP contribution in [0.4, 0.5) is 0 Å². The molecule has 11 heavy (non-hydrogen) atoms. The van der Waals surface area contributed by atoms with Crippen LogP contribution in [-0.4, -0.2) is 18.6 Å². The van der Waals surface area contributed by atoms with E-state index in [-0.39, 0.29) is 36.0 Å². The second-order valence-electron chi connectivity index (χ2n) is 2.70.